The van der Waals surface area contributed by atoms with Crippen LogP contribution in [0, 0.1) is 11.7 Å². The van der Waals surface area contributed by atoms with Gasteiger partial charge in [0.25, 0.3) is 5.91 Å². The lowest BCUT2D eigenvalue weighted by molar-refractivity contribution is 0.0684. The van der Waals surface area contributed by atoms with Crippen molar-refractivity contribution in [1.29, 1.82) is 0 Å². The van der Waals surface area contributed by atoms with Crippen molar-refractivity contribution in [2.75, 3.05) is 26.2 Å². The molecule has 3 nitrogen and oxygen atoms in total. The average Bonchev–Trinajstić information content (AvgIpc) is 2.45. The van der Waals surface area contributed by atoms with Gasteiger partial charge in [0.2, 0.25) is 0 Å². The Labute approximate surface area is 127 Å². The van der Waals surface area contributed by atoms with Crippen LogP contribution in [0.2, 0.25) is 0 Å². The van der Waals surface area contributed by atoms with E-state index in [0.717, 1.165) is 25.9 Å². The zero-order valence-electron chi connectivity index (χ0n) is 11.7. The number of nitrogens with one attached hydrogen (secondary N) is 1. The van der Waals surface area contributed by atoms with Gasteiger partial charge in [-0.15, -0.1) is 0 Å². The van der Waals surface area contributed by atoms with Gasteiger partial charge in [-0.1, -0.05) is 13.0 Å². The highest BCUT2D eigenvalue weighted by molar-refractivity contribution is 9.10. The highest BCUT2D eigenvalue weighted by Crippen LogP contribution is 2.24. The minimum Gasteiger partial charge on any atom is -0.339 e. The lowest BCUT2D eigenvalue weighted by atomic mass is 9.96. The summed E-state index contributed by atoms with van der Waals surface area (Å²) in [5.74, 6) is -0.0564. The second-order valence-electron chi connectivity index (χ2n) is 5.14. The first-order valence-electron chi connectivity index (χ1n) is 7.07. The van der Waals surface area contributed by atoms with Crippen LogP contribution in [0.3, 0.4) is 0 Å². The smallest absolute Gasteiger partial charge is 0.257 e. The van der Waals surface area contributed by atoms with E-state index >= 15 is 0 Å². The van der Waals surface area contributed by atoms with Crippen molar-refractivity contribution >= 4 is 21.8 Å². The number of halogens is 2. The Bertz CT molecular complexity index is 453. The number of amides is 1. The average molecular weight is 343 g/mol. The summed E-state index contributed by atoms with van der Waals surface area (Å²) in [4.78, 5) is 14.2. The highest BCUT2D eigenvalue weighted by atomic mass is 79.9. The van der Waals surface area contributed by atoms with E-state index in [4.69, 9.17) is 0 Å². The van der Waals surface area contributed by atoms with Crippen molar-refractivity contribution in [3.8, 4) is 0 Å². The topological polar surface area (TPSA) is 32.3 Å². The number of piperidine rings is 1. The Morgan fingerprint density at radius 3 is 2.75 bits per heavy atom. The van der Waals surface area contributed by atoms with Gasteiger partial charge in [-0.25, -0.2) is 4.39 Å². The van der Waals surface area contributed by atoms with Gasteiger partial charge < -0.3 is 10.2 Å². The molecule has 1 aromatic carbocycles. The summed E-state index contributed by atoms with van der Waals surface area (Å²) in [6.07, 6.45) is 1.95. The van der Waals surface area contributed by atoms with Crippen LogP contribution >= 0.6 is 15.9 Å². The van der Waals surface area contributed by atoms with Crippen molar-refractivity contribution in [3.63, 3.8) is 0 Å². The van der Waals surface area contributed by atoms with Crippen LogP contribution < -0.4 is 5.32 Å². The predicted octanol–water partition coefficient (Wildman–Crippen LogP) is 3.05. The summed E-state index contributed by atoms with van der Waals surface area (Å²) in [5, 5.41) is 3.34. The normalized spacial score (nSPS) is 16.4. The molecule has 1 fully saturated rings. The molecule has 1 amide bonds. The van der Waals surface area contributed by atoms with E-state index in [9.17, 15) is 9.18 Å². The number of hydrogen-bond acceptors (Lipinski definition) is 2. The van der Waals surface area contributed by atoms with Crippen LogP contribution in [0.4, 0.5) is 4.39 Å². The van der Waals surface area contributed by atoms with Crippen LogP contribution in [0.25, 0.3) is 0 Å². The Morgan fingerprint density at radius 1 is 1.45 bits per heavy atom. The second kappa shape index (κ2) is 7.18. The quantitative estimate of drug-likeness (QED) is 0.911. The zero-order chi connectivity index (χ0) is 14.5. The standard InChI is InChI=1S/C15H20BrFN2O/c1-2-18-10-11-6-8-19(9-7-11)15(20)14-12(16)4-3-5-13(14)17/h3-5,11,18H,2,6-10H2,1H3. The molecule has 1 N–H and O–H groups in total. The van der Waals surface area contributed by atoms with Crippen molar-refractivity contribution in [2.45, 2.75) is 19.8 Å². The third kappa shape index (κ3) is 3.58. The first kappa shape index (κ1) is 15.4. The van der Waals surface area contributed by atoms with E-state index in [0.29, 0.717) is 23.5 Å². The minimum absolute atomic E-state index is 0.151. The molecule has 0 saturated carbocycles. The number of likely N-dealkylation sites (tertiary alicyclic amines) is 1. The van der Waals surface area contributed by atoms with E-state index < -0.39 is 5.82 Å². The number of benzene rings is 1. The molecule has 0 aliphatic carbocycles. The fraction of sp³-hybridized carbons (Fsp3) is 0.533. The van der Waals surface area contributed by atoms with Crippen molar-refractivity contribution in [1.82, 2.24) is 10.2 Å². The number of nitrogens with zero attached hydrogens (tertiary/aromatic N) is 1. The summed E-state index contributed by atoms with van der Waals surface area (Å²) in [6.45, 7) is 5.48. The van der Waals surface area contributed by atoms with Gasteiger partial charge >= 0.3 is 0 Å². The van der Waals surface area contributed by atoms with Crippen LogP contribution in [0.1, 0.15) is 30.1 Å². The van der Waals surface area contributed by atoms with Gasteiger partial charge in [0.15, 0.2) is 0 Å². The van der Waals surface area contributed by atoms with Gasteiger partial charge in [-0.3, -0.25) is 4.79 Å². The maximum absolute atomic E-state index is 13.8. The number of hydrogen-bond donors (Lipinski definition) is 1. The van der Waals surface area contributed by atoms with Gasteiger partial charge in [0.05, 0.1) is 5.56 Å². The Kier molecular flexibility index (Phi) is 5.54. The number of rotatable bonds is 4. The molecule has 1 aliphatic heterocycles. The monoisotopic (exact) mass is 342 g/mol. The fourth-order valence-electron chi connectivity index (χ4n) is 2.55. The lowest BCUT2D eigenvalue weighted by Crippen LogP contribution is -2.41. The van der Waals surface area contributed by atoms with Crippen molar-refractivity contribution in [2.24, 2.45) is 5.92 Å². The van der Waals surface area contributed by atoms with Crippen LogP contribution in [0.5, 0.6) is 0 Å². The lowest BCUT2D eigenvalue weighted by Gasteiger charge is -2.32. The molecule has 1 aliphatic rings. The summed E-state index contributed by atoms with van der Waals surface area (Å²) in [5.41, 5.74) is 0.151. The third-order valence-electron chi connectivity index (χ3n) is 3.76. The van der Waals surface area contributed by atoms with E-state index in [1.807, 2.05) is 0 Å². The summed E-state index contributed by atoms with van der Waals surface area (Å²) in [7, 11) is 0. The summed E-state index contributed by atoms with van der Waals surface area (Å²) in [6, 6.07) is 4.63. The fourth-order valence-corrected chi connectivity index (χ4v) is 3.06. The Hall–Kier alpha value is -0.940. The van der Waals surface area contributed by atoms with Crippen LogP contribution in [0.15, 0.2) is 22.7 Å². The molecule has 0 unspecified atom stereocenters. The minimum atomic E-state index is -0.459. The largest absolute Gasteiger partial charge is 0.339 e. The molecule has 0 radical (unpaired) electrons. The van der Waals surface area contributed by atoms with Gasteiger partial charge in [0, 0.05) is 17.6 Å². The van der Waals surface area contributed by atoms with Gasteiger partial charge in [0.1, 0.15) is 5.82 Å². The maximum atomic E-state index is 13.8. The van der Waals surface area contributed by atoms with Crippen LogP contribution in [-0.2, 0) is 0 Å². The molecule has 2 rings (SSSR count). The van der Waals surface area contributed by atoms with E-state index in [1.165, 1.54) is 6.07 Å². The first-order chi connectivity index (χ1) is 9.63. The van der Waals surface area contributed by atoms with Crippen molar-refractivity contribution in [3.05, 3.63) is 34.1 Å². The molecule has 20 heavy (non-hydrogen) atoms. The Morgan fingerprint density at radius 2 is 2.15 bits per heavy atom. The van der Waals surface area contributed by atoms with Gasteiger partial charge in [-0.2, -0.15) is 0 Å². The molecule has 0 bridgehead atoms. The molecule has 0 atom stereocenters. The molecule has 110 valence electrons. The molecular weight excluding hydrogens is 323 g/mol. The van der Waals surface area contributed by atoms with E-state index in [2.05, 4.69) is 28.2 Å². The molecule has 1 aromatic rings. The third-order valence-corrected chi connectivity index (χ3v) is 4.42. The maximum Gasteiger partial charge on any atom is 0.257 e. The molecule has 0 aromatic heterocycles. The Balaban J connectivity index is 1.98. The second-order valence-corrected chi connectivity index (χ2v) is 5.99. The molecule has 5 heteroatoms. The van der Waals surface area contributed by atoms with E-state index in [1.54, 1.807) is 17.0 Å². The molecular formula is C15H20BrFN2O. The summed E-state index contributed by atoms with van der Waals surface area (Å²) >= 11 is 3.26. The molecule has 0 spiro atoms. The first-order valence-corrected chi connectivity index (χ1v) is 7.86. The molecule has 1 saturated heterocycles. The van der Waals surface area contributed by atoms with Crippen LogP contribution in [-0.4, -0.2) is 37.0 Å². The zero-order valence-corrected chi connectivity index (χ0v) is 13.2. The number of carbonyl (C=O) groups excluding carboxylic acids is 1. The highest BCUT2D eigenvalue weighted by Gasteiger charge is 2.26. The van der Waals surface area contributed by atoms with Gasteiger partial charge in [-0.05, 0) is 59.9 Å². The molecule has 1 heterocycles. The van der Waals surface area contributed by atoms with E-state index in [-0.39, 0.29) is 11.5 Å². The number of carbonyl (C=O) groups is 1. The SMILES string of the molecule is CCNCC1CCN(C(=O)c2c(F)cccc2Br)CC1. The predicted molar refractivity (Wildman–Crippen MR) is 81.3 cm³/mol. The summed E-state index contributed by atoms with van der Waals surface area (Å²) < 4.78 is 14.3. The van der Waals surface area contributed by atoms with Crippen molar-refractivity contribution < 1.29 is 9.18 Å².